The number of nitrogens with one attached hydrogen (secondary N) is 1. The van der Waals surface area contributed by atoms with Crippen molar-refractivity contribution in [3.8, 4) is 17.3 Å². The molecule has 0 saturated carbocycles. The van der Waals surface area contributed by atoms with E-state index in [4.69, 9.17) is 0 Å². The largest absolute Gasteiger partial charge is 0.507 e. The maximum atomic E-state index is 12.8. The number of phenolic OH excluding ortho intramolecular Hbond substituents is 1. The van der Waals surface area contributed by atoms with Gasteiger partial charge in [0.25, 0.3) is 5.56 Å². The molecule has 2 heterocycles. The fourth-order valence-corrected chi connectivity index (χ4v) is 3.12. The second kappa shape index (κ2) is 6.57. The Morgan fingerprint density at radius 3 is 2.67 bits per heavy atom. The molecular weight excluding hydrogens is 342 g/mol. The molecule has 2 N–H and O–H groups in total. The molecule has 2 aromatic carbocycles. The van der Waals surface area contributed by atoms with E-state index in [1.165, 1.54) is 6.07 Å². The highest BCUT2D eigenvalue weighted by atomic mass is 16.3. The molecule has 0 atom stereocenters. The number of carbonyl (C=O) groups is 1. The predicted octanol–water partition coefficient (Wildman–Crippen LogP) is 3.35. The molecule has 27 heavy (non-hydrogen) atoms. The molecule has 4 aromatic rings. The number of aromatic nitrogens is 3. The van der Waals surface area contributed by atoms with E-state index in [-0.39, 0.29) is 22.7 Å². The van der Waals surface area contributed by atoms with Crippen LogP contribution >= 0.6 is 0 Å². The summed E-state index contributed by atoms with van der Waals surface area (Å²) in [5.74, 6) is 0.0482. The summed E-state index contributed by atoms with van der Waals surface area (Å²) in [6.07, 6.45) is 1.71. The maximum Gasteiger partial charge on any atom is 0.259 e. The molecule has 0 radical (unpaired) electrons. The average Bonchev–Trinajstić information content (AvgIpc) is 3.12. The van der Waals surface area contributed by atoms with Gasteiger partial charge < -0.3 is 14.7 Å². The van der Waals surface area contributed by atoms with Crippen LogP contribution in [0, 0.1) is 0 Å². The quantitative estimate of drug-likeness (QED) is 0.547. The second-order valence-corrected chi connectivity index (χ2v) is 6.18. The number of carbonyl (C=O) groups excluding carboxylic acids is 1. The monoisotopic (exact) mass is 359 g/mol. The zero-order valence-corrected chi connectivity index (χ0v) is 14.6. The number of phenols is 1. The summed E-state index contributed by atoms with van der Waals surface area (Å²) in [5.41, 5.74) is 1.65. The Hall–Kier alpha value is -3.67. The van der Waals surface area contributed by atoms with Crippen LogP contribution in [0.1, 0.15) is 22.8 Å². The van der Waals surface area contributed by atoms with Crippen molar-refractivity contribution in [2.75, 3.05) is 0 Å². The summed E-state index contributed by atoms with van der Waals surface area (Å²) in [7, 11) is 0. The third-order valence-electron chi connectivity index (χ3n) is 4.50. The Morgan fingerprint density at radius 1 is 1.15 bits per heavy atom. The summed E-state index contributed by atoms with van der Waals surface area (Å²) in [5, 5.41) is 10.5. The van der Waals surface area contributed by atoms with Crippen LogP contribution in [-0.4, -0.2) is 25.4 Å². The molecule has 0 aliphatic rings. The normalized spacial score (nSPS) is 11.0. The van der Waals surface area contributed by atoms with Gasteiger partial charge in [-0.05, 0) is 37.3 Å². The number of aryl methyl sites for hydroxylation is 1. The van der Waals surface area contributed by atoms with Crippen molar-refractivity contribution in [3.63, 3.8) is 0 Å². The van der Waals surface area contributed by atoms with E-state index in [9.17, 15) is 14.7 Å². The number of ketones is 1. The highest BCUT2D eigenvalue weighted by Gasteiger charge is 2.18. The third kappa shape index (κ3) is 2.91. The molecule has 0 saturated heterocycles. The van der Waals surface area contributed by atoms with Crippen molar-refractivity contribution in [2.24, 2.45) is 0 Å². The number of para-hydroxylation sites is 2. The van der Waals surface area contributed by atoms with Crippen molar-refractivity contribution in [1.82, 2.24) is 14.5 Å². The van der Waals surface area contributed by atoms with E-state index in [2.05, 4.69) is 9.97 Å². The van der Waals surface area contributed by atoms with E-state index in [0.717, 1.165) is 0 Å². The number of H-pyrrole nitrogens is 1. The number of aromatic amines is 1. The van der Waals surface area contributed by atoms with Crippen LogP contribution in [0.25, 0.3) is 22.4 Å². The molecule has 6 nitrogen and oxygen atoms in total. The molecule has 0 amide bonds. The van der Waals surface area contributed by atoms with Crippen LogP contribution in [0.15, 0.2) is 65.6 Å². The van der Waals surface area contributed by atoms with Gasteiger partial charge >= 0.3 is 0 Å². The molecule has 0 fully saturated rings. The molecule has 0 spiro atoms. The summed E-state index contributed by atoms with van der Waals surface area (Å²) in [4.78, 5) is 32.5. The van der Waals surface area contributed by atoms with Gasteiger partial charge in [0.2, 0.25) is 0 Å². The van der Waals surface area contributed by atoms with Gasteiger partial charge in [-0.3, -0.25) is 9.59 Å². The fraction of sp³-hybridized carbons (Fsp3) is 0.0952. The molecule has 0 aliphatic carbocycles. The van der Waals surface area contributed by atoms with Crippen molar-refractivity contribution < 1.29 is 9.90 Å². The van der Waals surface area contributed by atoms with Crippen molar-refractivity contribution >= 4 is 16.7 Å². The second-order valence-electron chi connectivity index (χ2n) is 6.18. The lowest BCUT2D eigenvalue weighted by molar-refractivity contribution is 0.103. The molecule has 0 unspecified atom stereocenters. The molecule has 0 aliphatic heterocycles. The highest BCUT2D eigenvalue weighted by molar-refractivity contribution is 6.11. The Morgan fingerprint density at radius 2 is 1.89 bits per heavy atom. The zero-order chi connectivity index (χ0) is 19.0. The number of nitrogens with zero attached hydrogens (tertiary/aromatic N) is 2. The summed E-state index contributed by atoms with van der Waals surface area (Å²) in [6, 6.07) is 15.2. The lowest BCUT2D eigenvalue weighted by atomic mass is 10.0. The van der Waals surface area contributed by atoms with E-state index >= 15 is 0 Å². The van der Waals surface area contributed by atoms with Gasteiger partial charge in [0.05, 0.1) is 22.2 Å². The van der Waals surface area contributed by atoms with Gasteiger partial charge in [-0.15, -0.1) is 0 Å². The SMILES string of the molecule is CCn1cc(C(=O)c2ccccc2O)cc1-c1nc2ccccc2c(=O)[nH]1. The summed E-state index contributed by atoms with van der Waals surface area (Å²) >= 11 is 0. The molecule has 134 valence electrons. The highest BCUT2D eigenvalue weighted by Crippen LogP contribution is 2.25. The Labute approximate surface area is 154 Å². The molecule has 6 heteroatoms. The van der Waals surface area contributed by atoms with Gasteiger partial charge in [0.1, 0.15) is 5.75 Å². The topological polar surface area (TPSA) is 88.0 Å². The number of hydrogen-bond donors (Lipinski definition) is 2. The van der Waals surface area contributed by atoms with Crippen molar-refractivity contribution in [2.45, 2.75) is 13.5 Å². The van der Waals surface area contributed by atoms with Gasteiger partial charge in [0, 0.05) is 18.3 Å². The number of hydrogen-bond acceptors (Lipinski definition) is 4. The summed E-state index contributed by atoms with van der Waals surface area (Å²) < 4.78 is 1.85. The van der Waals surface area contributed by atoms with Gasteiger partial charge in [-0.25, -0.2) is 4.98 Å². The minimum atomic E-state index is -0.287. The van der Waals surface area contributed by atoms with E-state index in [1.807, 2.05) is 17.6 Å². The van der Waals surface area contributed by atoms with Crippen molar-refractivity contribution in [3.05, 3.63) is 82.3 Å². The van der Waals surface area contributed by atoms with Crippen molar-refractivity contribution in [1.29, 1.82) is 0 Å². The number of rotatable bonds is 4. The number of aromatic hydroxyl groups is 1. The fourth-order valence-electron chi connectivity index (χ4n) is 3.12. The lowest BCUT2D eigenvalue weighted by Gasteiger charge is -2.06. The number of fused-ring (bicyclic) bond motifs is 1. The van der Waals surface area contributed by atoms with E-state index in [0.29, 0.717) is 34.5 Å². The first-order valence-electron chi connectivity index (χ1n) is 8.60. The standard InChI is InChI=1S/C21H17N3O3/c1-2-24-12-13(19(26)15-8-4-6-10-18(15)25)11-17(24)20-22-16-9-5-3-7-14(16)21(27)23-20/h3-12,25H,2H2,1H3,(H,22,23,27). The van der Waals surface area contributed by atoms with Crippen LogP contribution in [0.5, 0.6) is 5.75 Å². The number of benzene rings is 2. The minimum Gasteiger partial charge on any atom is -0.507 e. The molecule has 4 rings (SSSR count). The summed E-state index contributed by atoms with van der Waals surface area (Å²) in [6.45, 7) is 2.54. The maximum absolute atomic E-state index is 12.8. The Kier molecular flexibility index (Phi) is 4.08. The van der Waals surface area contributed by atoms with Crippen LogP contribution in [0.3, 0.4) is 0 Å². The van der Waals surface area contributed by atoms with Crippen LogP contribution in [-0.2, 0) is 6.54 Å². The van der Waals surface area contributed by atoms with Crippen LogP contribution < -0.4 is 5.56 Å². The first-order valence-corrected chi connectivity index (χ1v) is 8.60. The predicted molar refractivity (Wildman–Crippen MR) is 103 cm³/mol. The zero-order valence-electron chi connectivity index (χ0n) is 14.6. The smallest absolute Gasteiger partial charge is 0.259 e. The minimum absolute atomic E-state index is 0.0643. The van der Waals surface area contributed by atoms with Crippen LogP contribution in [0.2, 0.25) is 0 Å². The molecule has 0 bridgehead atoms. The van der Waals surface area contributed by atoms with Crippen LogP contribution in [0.4, 0.5) is 0 Å². The third-order valence-corrected chi connectivity index (χ3v) is 4.50. The first kappa shape index (κ1) is 16.8. The van der Waals surface area contributed by atoms with Gasteiger partial charge in [-0.1, -0.05) is 24.3 Å². The lowest BCUT2D eigenvalue weighted by Crippen LogP contribution is -2.10. The Balaban J connectivity index is 1.84. The first-order chi connectivity index (χ1) is 13.1. The molecular formula is C21H17N3O3. The van der Waals surface area contributed by atoms with E-state index in [1.54, 1.807) is 48.7 Å². The Bertz CT molecular complexity index is 1220. The average molecular weight is 359 g/mol. The molecule has 2 aromatic heterocycles. The van der Waals surface area contributed by atoms with Gasteiger partial charge in [0.15, 0.2) is 11.6 Å². The van der Waals surface area contributed by atoms with Gasteiger partial charge in [-0.2, -0.15) is 0 Å². The van der Waals surface area contributed by atoms with E-state index < -0.39 is 0 Å².